The van der Waals surface area contributed by atoms with Crippen molar-refractivity contribution in [1.29, 1.82) is 0 Å². The molecule has 3 rings (SSSR count). The highest BCUT2D eigenvalue weighted by molar-refractivity contribution is 5.81. The average Bonchev–Trinajstić information content (AvgIpc) is 2.49. The van der Waals surface area contributed by atoms with E-state index in [1.807, 2.05) is 60.7 Å². The number of rotatable bonds is 4. The van der Waals surface area contributed by atoms with Crippen molar-refractivity contribution >= 4 is 16.7 Å². The van der Waals surface area contributed by atoms with Crippen LogP contribution in [0.4, 0.5) is 5.82 Å². The normalized spacial score (nSPS) is 10.8. The second-order valence-corrected chi connectivity index (χ2v) is 4.70. The van der Waals surface area contributed by atoms with Gasteiger partial charge in [-0.3, -0.25) is 0 Å². The molecule has 0 amide bonds. The summed E-state index contributed by atoms with van der Waals surface area (Å²) >= 11 is 0. The molecule has 3 aromatic rings. The molecule has 1 aromatic heterocycles. The molecule has 0 aliphatic carbocycles. The van der Waals surface area contributed by atoms with Gasteiger partial charge in [-0.15, -0.1) is 0 Å². The van der Waals surface area contributed by atoms with E-state index in [2.05, 4.69) is 4.98 Å². The molecule has 0 aliphatic heterocycles. The average molecular weight is 264 g/mol. The van der Waals surface area contributed by atoms with Gasteiger partial charge in [0.1, 0.15) is 5.82 Å². The highest BCUT2D eigenvalue weighted by Crippen LogP contribution is 2.19. The van der Waals surface area contributed by atoms with Crippen LogP contribution in [0.25, 0.3) is 10.9 Å². The minimum Gasteiger partial charge on any atom is -0.383 e. The summed E-state index contributed by atoms with van der Waals surface area (Å²) in [7, 11) is 0. The molecule has 0 atom stereocenters. The molecule has 0 spiro atoms. The lowest BCUT2D eigenvalue weighted by Gasteiger charge is -2.08. The smallest absolute Gasteiger partial charge is 0.129 e. The number of hydrogen-bond donors (Lipinski definition) is 1. The van der Waals surface area contributed by atoms with Crippen LogP contribution in [0, 0.1) is 0 Å². The van der Waals surface area contributed by atoms with Crippen molar-refractivity contribution in [2.75, 3.05) is 5.73 Å². The molecule has 0 saturated heterocycles. The van der Waals surface area contributed by atoms with E-state index in [1.165, 1.54) is 0 Å². The largest absolute Gasteiger partial charge is 0.383 e. The Bertz CT molecular complexity index is 711. The summed E-state index contributed by atoms with van der Waals surface area (Å²) < 4.78 is 5.72. The van der Waals surface area contributed by atoms with Crippen LogP contribution in [0.3, 0.4) is 0 Å². The summed E-state index contributed by atoms with van der Waals surface area (Å²) in [5, 5.41) is 1.08. The second kappa shape index (κ2) is 5.72. The molecular formula is C17H16N2O. The lowest BCUT2D eigenvalue weighted by atomic mass is 10.1. The van der Waals surface area contributed by atoms with Gasteiger partial charge < -0.3 is 10.5 Å². The summed E-state index contributed by atoms with van der Waals surface area (Å²) in [6.07, 6.45) is 0. The standard InChI is InChI=1S/C17H16N2O/c18-17-15(10-14-8-4-5-9-16(14)19-17)12-20-11-13-6-2-1-3-7-13/h1-10H,11-12H2,(H2,18,19). The van der Waals surface area contributed by atoms with E-state index >= 15 is 0 Å². The monoisotopic (exact) mass is 264 g/mol. The van der Waals surface area contributed by atoms with Crippen LogP contribution in [0.1, 0.15) is 11.1 Å². The highest BCUT2D eigenvalue weighted by Gasteiger charge is 2.04. The summed E-state index contributed by atoms with van der Waals surface area (Å²) in [5.41, 5.74) is 8.97. The molecule has 1 heterocycles. The Morgan fingerprint density at radius 2 is 1.65 bits per heavy atom. The van der Waals surface area contributed by atoms with Gasteiger partial charge in [0, 0.05) is 10.9 Å². The first kappa shape index (κ1) is 12.6. The van der Waals surface area contributed by atoms with Gasteiger partial charge in [-0.1, -0.05) is 48.5 Å². The number of ether oxygens (including phenoxy) is 1. The number of nitrogens with two attached hydrogens (primary N) is 1. The lowest BCUT2D eigenvalue weighted by Crippen LogP contribution is -2.01. The fraction of sp³-hybridized carbons (Fsp3) is 0.118. The summed E-state index contributed by atoms with van der Waals surface area (Å²) in [6, 6.07) is 20.1. The van der Waals surface area contributed by atoms with Crippen LogP contribution in [-0.2, 0) is 18.0 Å². The highest BCUT2D eigenvalue weighted by atomic mass is 16.5. The molecule has 0 saturated carbocycles. The molecule has 3 heteroatoms. The van der Waals surface area contributed by atoms with E-state index < -0.39 is 0 Å². The summed E-state index contributed by atoms with van der Waals surface area (Å²) in [4.78, 5) is 4.40. The Morgan fingerprint density at radius 3 is 2.50 bits per heavy atom. The molecule has 100 valence electrons. The molecule has 0 bridgehead atoms. The predicted molar refractivity (Wildman–Crippen MR) is 81.1 cm³/mol. The molecule has 0 radical (unpaired) electrons. The SMILES string of the molecule is Nc1nc2ccccc2cc1COCc1ccccc1. The third-order valence-electron chi connectivity index (χ3n) is 3.21. The Morgan fingerprint density at radius 1 is 0.900 bits per heavy atom. The molecule has 2 aromatic carbocycles. The maximum absolute atomic E-state index is 5.97. The zero-order chi connectivity index (χ0) is 13.8. The number of aromatic nitrogens is 1. The number of para-hydroxylation sites is 1. The number of anilines is 1. The van der Waals surface area contributed by atoms with Crippen LogP contribution in [0.15, 0.2) is 60.7 Å². The second-order valence-electron chi connectivity index (χ2n) is 4.70. The number of benzene rings is 2. The van der Waals surface area contributed by atoms with E-state index in [9.17, 15) is 0 Å². The van der Waals surface area contributed by atoms with Crippen LogP contribution in [0.2, 0.25) is 0 Å². The maximum Gasteiger partial charge on any atom is 0.129 e. The molecule has 0 unspecified atom stereocenters. The molecule has 3 nitrogen and oxygen atoms in total. The van der Waals surface area contributed by atoms with Crippen molar-refractivity contribution in [2.24, 2.45) is 0 Å². The third kappa shape index (κ3) is 2.78. The number of fused-ring (bicyclic) bond motifs is 1. The van der Waals surface area contributed by atoms with E-state index in [0.29, 0.717) is 19.0 Å². The van der Waals surface area contributed by atoms with Gasteiger partial charge in [0.25, 0.3) is 0 Å². The zero-order valence-corrected chi connectivity index (χ0v) is 11.1. The van der Waals surface area contributed by atoms with Gasteiger partial charge in [-0.25, -0.2) is 4.98 Å². The molecule has 0 fully saturated rings. The fourth-order valence-corrected chi connectivity index (χ4v) is 2.14. The number of pyridine rings is 1. The number of hydrogen-bond acceptors (Lipinski definition) is 3. The van der Waals surface area contributed by atoms with Gasteiger partial charge in [-0.2, -0.15) is 0 Å². The van der Waals surface area contributed by atoms with Crippen molar-refractivity contribution in [2.45, 2.75) is 13.2 Å². The third-order valence-corrected chi connectivity index (χ3v) is 3.21. The Balaban J connectivity index is 1.72. The quantitative estimate of drug-likeness (QED) is 0.784. The first-order valence-corrected chi connectivity index (χ1v) is 6.59. The van der Waals surface area contributed by atoms with E-state index in [1.54, 1.807) is 0 Å². The lowest BCUT2D eigenvalue weighted by molar-refractivity contribution is 0.107. The summed E-state index contributed by atoms with van der Waals surface area (Å²) in [6.45, 7) is 1.05. The number of nitrogen functional groups attached to an aromatic ring is 1. The molecular weight excluding hydrogens is 248 g/mol. The van der Waals surface area contributed by atoms with E-state index in [-0.39, 0.29) is 0 Å². The molecule has 0 aliphatic rings. The van der Waals surface area contributed by atoms with Crippen molar-refractivity contribution < 1.29 is 4.74 Å². The van der Waals surface area contributed by atoms with E-state index in [0.717, 1.165) is 22.0 Å². The fourth-order valence-electron chi connectivity index (χ4n) is 2.14. The molecule has 2 N–H and O–H groups in total. The molecule has 20 heavy (non-hydrogen) atoms. The van der Waals surface area contributed by atoms with Crippen molar-refractivity contribution in [3.63, 3.8) is 0 Å². The topological polar surface area (TPSA) is 48.1 Å². The van der Waals surface area contributed by atoms with Crippen molar-refractivity contribution in [1.82, 2.24) is 4.98 Å². The van der Waals surface area contributed by atoms with Crippen molar-refractivity contribution in [3.05, 3.63) is 71.8 Å². The Hall–Kier alpha value is -2.39. The first-order valence-electron chi connectivity index (χ1n) is 6.59. The minimum atomic E-state index is 0.471. The predicted octanol–water partition coefficient (Wildman–Crippen LogP) is 3.53. The summed E-state index contributed by atoms with van der Waals surface area (Å²) in [5.74, 6) is 0.539. The Labute approximate surface area is 118 Å². The van der Waals surface area contributed by atoms with Gasteiger partial charge in [0.15, 0.2) is 0 Å². The number of nitrogens with zero attached hydrogens (tertiary/aromatic N) is 1. The zero-order valence-electron chi connectivity index (χ0n) is 11.1. The van der Waals surface area contributed by atoms with Crippen LogP contribution >= 0.6 is 0 Å². The van der Waals surface area contributed by atoms with Gasteiger partial charge >= 0.3 is 0 Å². The Kier molecular flexibility index (Phi) is 3.61. The van der Waals surface area contributed by atoms with Crippen molar-refractivity contribution in [3.8, 4) is 0 Å². The van der Waals surface area contributed by atoms with Gasteiger partial charge in [-0.05, 0) is 17.7 Å². The van der Waals surface area contributed by atoms with E-state index in [4.69, 9.17) is 10.5 Å². The first-order chi connectivity index (χ1) is 9.83. The van der Waals surface area contributed by atoms with Crippen LogP contribution in [0.5, 0.6) is 0 Å². The van der Waals surface area contributed by atoms with Gasteiger partial charge in [0.2, 0.25) is 0 Å². The van der Waals surface area contributed by atoms with Gasteiger partial charge in [0.05, 0.1) is 18.7 Å². The minimum absolute atomic E-state index is 0.471. The van der Waals surface area contributed by atoms with Crippen LogP contribution in [-0.4, -0.2) is 4.98 Å². The maximum atomic E-state index is 5.97. The van der Waals surface area contributed by atoms with Crippen LogP contribution < -0.4 is 5.73 Å².